The molecule has 104 valence electrons. The number of halogens is 3. The van der Waals surface area contributed by atoms with E-state index in [1.54, 1.807) is 0 Å². The van der Waals surface area contributed by atoms with Gasteiger partial charge in [0.25, 0.3) is 0 Å². The highest BCUT2D eigenvalue weighted by molar-refractivity contribution is 5.87. The van der Waals surface area contributed by atoms with Gasteiger partial charge >= 0.3 is 12.3 Å². The summed E-state index contributed by atoms with van der Waals surface area (Å²) in [4.78, 5) is 10.9. The molecule has 0 saturated carbocycles. The number of carbonyl (C=O) groups is 1. The van der Waals surface area contributed by atoms with Crippen molar-refractivity contribution >= 4 is 12.0 Å². The summed E-state index contributed by atoms with van der Waals surface area (Å²) in [7, 11) is 2.43. The molecule has 0 aliphatic heterocycles. The summed E-state index contributed by atoms with van der Waals surface area (Å²) in [5.41, 5.74) is 0.469. The Morgan fingerprint density at radius 3 is 2.42 bits per heavy atom. The van der Waals surface area contributed by atoms with Crippen molar-refractivity contribution in [2.75, 3.05) is 14.2 Å². The van der Waals surface area contributed by atoms with Crippen molar-refractivity contribution < 1.29 is 32.2 Å². The molecule has 1 rings (SSSR count). The number of alkyl halides is 3. The Labute approximate surface area is 107 Å². The molecule has 1 aromatic carbocycles. The van der Waals surface area contributed by atoms with Crippen LogP contribution in [0.5, 0.6) is 11.5 Å². The highest BCUT2D eigenvalue weighted by Gasteiger charge is 2.32. The van der Waals surface area contributed by atoms with Crippen LogP contribution in [0.3, 0.4) is 0 Å². The normalized spacial score (nSPS) is 11.4. The van der Waals surface area contributed by atoms with E-state index in [0.717, 1.165) is 12.1 Å². The number of carbonyl (C=O) groups excluding carboxylic acids is 1. The molecule has 0 aliphatic rings. The van der Waals surface area contributed by atoms with Crippen molar-refractivity contribution in [2.45, 2.75) is 6.36 Å². The summed E-state index contributed by atoms with van der Waals surface area (Å²) in [5.74, 6) is -1.12. The van der Waals surface area contributed by atoms with E-state index >= 15 is 0 Å². The predicted molar refractivity (Wildman–Crippen MR) is 60.7 cm³/mol. The lowest BCUT2D eigenvalue weighted by Gasteiger charge is -2.12. The van der Waals surface area contributed by atoms with Gasteiger partial charge in [0.05, 0.1) is 14.2 Å². The lowest BCUT2D eigenvalue weighted by molar-refractivity contribution is -0.275. The Morgan fingerprint density at radius 2 is 1.89 bits per heavy atom. The molecule has 0 aromatic heterocycles. The van der Waals surface area contributed by atoms with Crippen molar-refractivity contribution in [3.8, 4) is 11.5 Å². The SMILES string of the molecule is COC(=O)C=Cc1ccc(OC(F)(F)F)c(OC)c1. The highest BCUT2D eigenvalue weighted by atomic mass is 19.4. The Morgan fingerprint density at radius 1 is 1.21 bits per heavy atom. The minimum Gasteiger partial charge on any atom is -0.493 e. The van der Waals surface area contributed by atoms with E-state index in [9.17, 15) is 18.0 Å². The average molecular weight is 276 g/mol. The molecule has 0 saturated heterocycles. The summed E-state index contributed by atoms with van der Waals surface area (Å²) in [6.07, 6.45) is -2.28. The van der Waals surface area contributed by atoms with Gasteiger partial charge in [-0.05, 0) is 23.8 Å². The molecule has 0 spiro atoms. The summed E-state index contributed by atoms with van der Waals surface area (Å²) in [5, 5.41) is 0. The van der Waals surface area contributed by atoms with Crippen LogP contribution in [0, 0.1) is 0 Å². The molecule has 19 heavy (non-hydrogen) atoms. The van der Waals surface area contributed by atoms with Gasteiger partial charge in [-0.25, -0.2) is 4.79 Å². The van der Waals surface area contributed by atoms with E-state index in [-0.39, 0.29) is 5.75 Å². The highest BCUT2D eigenvalue weighted by Crippen LogP contribution is 2.33. The molecule has 0 bridgehead atoms. The molecule has 0 aliphatic carbocycles. The van der Waals surface area contributed by atoms with Crippen LogP contribution in [0.15, 0.2) is 24.3 Å². The number of methoxy groups -OCH3 is 2. The Balaban J connectivity index is 2.96. The second-order valence-electron chi connectivity index (χ2n) is 3.31. The number of ether oxygens (including phenoxy) is 3. The quantitative estimate of drug-likeness (QED) is 0.626. The van der Waals surface area contributed by atoms with Gasteiger partial charge in [0.1, 0.15) is 0 Å². The van der Waals surface area contributed by atoms with Crippen molar-refractivity contribution in [3.63, 3.8) is 0 Å². The Hall–Kier alpha value is -2.18. The van der Waals surface area contributed by atoms with E-state index in [1.807, 2.05) is 0 Å². The second kappa shape index (κ2) is 6.12. The number of hydrogen-bond donors (Lipinski definition) is 0. The third-order valence-electron chi connectivity index (χ3n) is 2.03. The standard InChI is InChI=1S/C12H11F3O4/c1-17-10-7-8(4-6-11(16)18-2)3-5-9(10)19-12(13,14)15/h3-7H,1-2H3. The predicted octanol–water partition coefficient (Wildman–Crippen LogP) is 2.78. The maximum Gasteiger partial charge on any atom is 0.573 e. The molecular formula is C12H11F3O4. The number of benzene rings is 1. The molecule has 1 aromatic rings. The first kappa shape index (κ1) is 14.9. The van der Waals surface area contributed by atoms with Crippen molar-refractivity contribution in [2.24, 2.45) is 0 Å². The van der Waals surface area contributed by atoms with E-state index in [0.29, 0.717) is 5.56 Å². The fraction of sp³-hybridized carbons (Fsp3) is 0.250. The van der Waals surface area contributed by atoms with Crippen molar-refractivity contribution in [1.29, 1.82) is 0 Å². The largest absolute Gasteiger partial charge is 0.573 e. The monoisotopic (exact) mass is 276 g/mol. The lowest BCUT2D eigenvalue weighted by atomic mass is 10.2. The molecule has 0 atom stereocenters. The maximum atomic E-state index is 12.1. The summed E-state index contributed by atoms with van der Waals surface area (Å²) >= 11 is 0. The van der Waals surface area contributed by atoms with Crippen LogP contribution in [0.1, 0.15) is 5.56 Å². The Kier molecular flexibility index (Phi) is 4.80. The van der Waals surface area contributed by atoms with Crippen molar-refractivity contribution in [1.82, 2.24) is 0 Å². The lowest BCUT2D eigenvalue weighted by Crippen LogP contribution is -2.17. The van der Waals surface area contributed by atoms with Crippen molar-refractivity contribution in [3.05, 3.63) is 29.8 Å². The molecule has 0 amide bonds. The Bertz CT molecular complexity index is 480. The fourth-order valence-electron chi connectivity index (χ4n) is 1.23. The minimum absolute atomic E-state index is 0.0932. The maximum absolute atomic E-state index is 12.1. The minimum atomic E-state index is -4.79. The first-order valence-corrected chi connectivity index (χ1v) is 5.05. The van der Waals surface area contributed by atoms with Gasteiger partial charge in [-0.3, -0.25) is 0 Å². The van der Waals surface area contributed by atoms with Gasteiger partial charge in [-0.2, -0.15) is 0 Å². The van der Waals surface area contributed by atoms with Crippen LogP contribution in [-0.2, 0) is 9.53 Å². The number of esters is 1. The van der Waals surface area contributed by atoms with Gasteiger partial charge < -0.3 is 14.2 Å². The second-order valence-corrected chi connectivity index (χ2v) is 3.31. The van der Waals surface area contributed by atoms with Gasteiger partial charge in [0, 0.05) is 6.08 Å². The van der Waals surface area contributed by atoms with Gasteiger partial charge in [-0.15, -0.1) is 13.2 Å². The topological polar surface area (TPSA) is 44.8 Å². The molecule has 0 N–H and O–H groups in total. The van der Waals surface area contributed by atoms with Crippen LogP contribution < -0.4 is 9.47 Å². The average Bonchev–Trinajstić information content (AvgIpc) is 2.35. The van der Waals surface area contributed by atoms with Crippen LogP contribution >= 0.6 is 0 Å². The van der Waals surface area contributed by atoms with Crippen LogP contribution in [0.2, 0.25) is 0 Å². The first-order valence-electron chi connectivity index (χ1n) is 5.05. The van der Waals surface area contributed by atoms with Crippen LogP contribution in [0.4, 0.5) is 13.2 Å². The molecule has 0 radical (unpaired) electrons. The molecule has 0 fully saturated rings. The number of hydrogen-bond acceptors (Lipinski definition) is 4. The summed E-state index contributed by atoms with van der Waals surface area (Å²) in [6.45, 7) is 0. The smallest absolute Gasteiger partial charge is 0.493 e. The molecule has 0 unspecified atom stereocenters. The third-order valence-corrected chi connectivity index (χ3v) is 2.03. The van der Waals surface area contributed by atoms with E-state index in [2.05, 4.69) is 9.47 Å². The van der Waals surface area contributed by atoms with E-state index in [4.69, 9.17) is 4.74 Å². The molecule has 0 heterocycles. The fourth-order valence-corrected chi connectivity index (χ4v) is 1.23. The van der Waals surface area contributed by atoms with Gasteiger partial charge in [-0.1, -0.05) is 6.07 Å². The molecule has 7 heteroatoms. The number of rotatable bonds is 4. The zero-order chi connectivity index (χ0) is 14.5. The molecular weight excluding hydrogens is 265 g/mol. The zero-order valence-corrected chi connectivity index (χ0v) is 10.2. The van der Waals surface area contributed by atoms with Crippen LogP contribution in [0.25, 0.3) is 6.08 Å². The molecule has 4 nitrogen and oxygen atoms in total. The van der Waals surface area contributed by atoms with E-state index in [1.165, 1.54) is 32.4 Å². The third kappa shape index (κ3) is 4.90. The summed E-state index contributed by atoms with van der Waals surface area (Å²) < 4.78 is 49.3. The zero-order valence-electron chi connectivity index (χ0n) is 10.2. The van der Waals surface area contributed by atoms with Gasteiger partial charge in [0.15, 0.2) is 11.5 Å². The first-order chi connectivity index (χ1) is 8.85. The van der Waals surface area contributed by atoms with Gasteiger partial charge in [0.2, 0.25) is 0 Å². The van der Waals surface area contributed by atoms with E-state index < -0.39 is 18.1 Å². The van der Waals surface area contributed by atoms with Crippen LogP contribution in [-0.4, -0.2) is 26.6 Å². The summed E-state index contributed by atoms with van der Waals surface area (Å²) in [6, 6.07) is 3.76.